The van der Waals surface area contributed by atoms with Crippen molar-refractivity contribution in [3.05, 3.63) is 30.2 Å². The molecule has 6 heteroatoms. The van der Waals surface area contributed by atoms with E-state index in [1.54, 1.807) is 24.0 Å². The van der Waals surface area contributed by atoms with Crippen LogP contribution in [0.25, 0.3) is 11.5 Å². The quantitative estimate of drug-likeness (QED) is 0.811. The van der Waals surface area contributed by atoms with Gasteiger partial charge >= 0.3 is 5.97 Å². The van der Waals surface area contributed by atoms with Crippen LogP contribution in [0, 0.1) is 0 Å². The van der Waals surface area contributed by atoms with Gasteiger partial charge in [-0.1, -0.05) is 0 Å². The molecule has 0 aliphatic rings. The molecule has 0 spiro atoms. The molecule has 0 unspecified atom stereocenters. The van der Waals surface area contributed by atoms with Gasteiger partial charge < -0.3 is 5.11 Å². The topological polar surface area (TPSA) is 80.9 Å². The van der Waals surface area contributed by atoms with Crippen molar-refractivity contribution in [1.29, 1.82) is 0 Å². The van der Waals surface area contributed by atoms with E-state index in [-0.39, 0.29) is 6.42 Å². The molecule has 0 saturated heterocycles. The third-order valence-corrected chi connectivity index (χ3v) is 2.11. The molecule has 0 aliphatic carbocycles. The molecule has 1 N–H and O–H groups in total. The van der Waals surface area contributed by atoms with Crippen molar-refractivity contribution in [2.75, 3.05) is 0 Å². The van der Waals surface area contributed by atoms with Crippen LogP contribution in [0.5, 0.6) is 0 Å². The van der Waals surface area contributed by atoms with Crippen LogP contribution in [0.15, 0.2) is 24.7 Å². The zero-order valence-corrected chi connectivity index (χ0v) is 8.66. The largest absolute Gasteiger partial charge is 0.481 e. The Morgan fingerprint density at radius 1 is 1.44 bits per heavy atom. The maximum absolute atomic E-state index is 10.5. The van der Waals surface area contributed by atoms with Gasteiger partial charge in [0.15, 0.2) is 5.82 Å². The van der Waals surface area contributed by atoms with Crippen molar-refractivity contribution in [2.45, 2.75) is 6.42 Å². The van der Waals surface area contributed by atoms with Gasteiger partial charge in [0.1, 0.15) is 5.69 Å². The number of rotatable bonds is 3. The van der Waals surface area contributed by atoms with E-state index in [1.165, 1.54) is 12.4 Å². The van der Waals surface area contributed by atoms with Crippen LogP contribution in [-0.2, 0) is 18.3 Å². The number of carboxylic acid groups (broad SMARTS) is 1. The third kappa shape index (κ3) is 2.05. The Morgan fingerprint density at radius 2 is 2.12 bits per heavy atom. The molecule has 2 heterocycles. The van der Waals surface area contributed by atoms with E-state index in [4.69, 9.17) is 5.11 Å². The Labute approximate surface area is 91.6 Å². The lowest BCUT2D eigenvalue weighted by molar-refractivity contribution is -0.136. The van der Waals surface area contributed by atoms with Gasteiger partial charge in [-0.15, -0.1) is 0 Å². The van der Waals surface area contributed by atoms with Crippen molar-refractivity contribution in [1.82, 2.24) is 19.7 Å². The Balaban J connectivity index is 2.26. The summed E-state index contributed by atoms with van der Waals surface area (Å²) in [7, 11) is 1.80. The van der Waals surface area contributed by atoms with E-state index in [9.17, 15) is 4.79 Å². The highest BCUT2D eigenvalue weighted by Gasteiger charge is 2.06. The van der Waals surface area contributed by atoms with E-state index >= 15 is 0 Å². The van der Waals surface area contributed by atoms with Gasteiger partial charge in [0.2, 0.25) is 0 Å². The highest BCUT2D eigenvalue weighted by Crippen LogP contribution is 2.12. The van der Waals surface area contributed by atoms with Crippen LogP contribution in [0.2, 0.25) is 0 Å². The Kier molecular flexibility index (Phi) is 2.63. The zero-order valence-electron chi connectivity index (χ0n) is 8.66. The molecule has 82 valence electrons. The molecule has 2 aromatic heterocycles. The average molecular weight is 218 g/mol. The summed E-state index contributed by atoms with van der Waals surface area (Å²) in [4.78, 5) is 18.7. The van der Waals surface area contributed by atoms with Gasteiger partial charge in [-0.05, 0) is 11.6 Å². The highest BCUT2D eigenvalue weighted by molar-refractivity contribution is 5.69. The minimum atomic E-state index is -0.892. The molecule has 2 rings (SSSR count). The number of aryl methyl sites for hydroxylation is 1. The molecular weight excluding hydrogens is 208 g/mol. The fraction of sp³-hybridized carbons (Fsp3) is 0.200. The van der Waals surface area contributed by atoms with Gasteiger partial charge in [0.25, 0.3) is 0 Å². The molecule has 2 aromatic rings. The second-order valence-corrected chi connectivity index (χ2v) is 3.33. The number of hydrogen-bond acceptors (Lipinski definition) is 4. The fourth-order valence-electron chi connectivity index (χ4n) is 1.35. The predicted molar refractivity (Wildman–Crippen MR) is 55.6 cm³/mol. The molecule has 0 aromatic carbocycles. The maximum atomic E-state index is 10.5. The minimum Gasteiger partial charge on any atom is -0.481 e. The SMILES string of the molecule is Cn1nccc1-c1ncc(CC(=O)O)cn1. The average Bonchev–Trinajstić information content (AvgIpc) is 2.65. The summed E-state index contributed by atoms with van der Waals surface area (Å²) < 4.78 is 1.66. The molecule has 0 aliphatic heterocycles. The van der Waals surface area contributed by atoms with Gasteiger partial charge in [0.05, 0.1) is 6.42 Å². The minimum absolute atomic E-state index is 0.0638. The van der Waals surface area contributed by atoms with Crippen molar-refractivity contribution in [3.8, 4) is 11.5 Å². The zero-order chi connectivity index (χ0) is 11.5. The van der Waals surface area contributed by atoms with Crippen LogP contribution < -0.4 is 0 Å². The van der Waals surface area contributed by atoms with Crippen LogP contribution in [0.4, 0.5) is 0 Å². The number of nitrogens with zero attached hydrogens (tertiary/aromatic N) is 4. The molecule has 0 radical (unpaired) electrons. The molecule has 0 saturated carbocycles. The smallest absolute Gasteiger partial charge is 0.307 e. The predicted octanol–water partition coefficient (Wildman–Crippen LogP) is 0.504. The van der Waals surface area contributed by atoms with Gasteiger partial charge in [-0.3, -0.25) is 9.48 Å². The first-order valence-corrected chi connectivity index (χ1v) is 4.68. The van der Waals surface area contributed by atoms with E-state index in [2.05, 4.69) is 15.1 Å². The first-order valence-electron chi connectivity index (χ1n) is 4.68. The van der Waals surface area contributed by atoms with E-state index in [0.29, 0.717) is 11.4 Å². The third-order valence-electron chi connectivity index (χ3n) is 2.11. The number of aromatic nitrogens is 4. The second-order valence-electron chi connectivity index (χ2n) is 3.33. The van der Waals surface area contributed by atoms with Crippen molar-refractivity contribution < 1.29 is 9.90 Å². The van der Waals surface area contributed by atoms with Crippen LogP contribution in [0.3, 0.4) is 0 Å². The lowest BCUT2D eigenvalue weighted by Gasteiger charge is -2.01. The lowest BCUT2D eigenvalue weighted by Crippen LogP contribution is -2.03. The Morgan fingerprint density at radius 3 is 2.62 bits per heavy atom. The summed E-state index contributed by atoms with van der Waals surface area (Å²) in [5, 5.41) is 12.6. The summed E-state index contributed by atoms with van der Waals surface area (Å²) in [6, 6.07) is 1.80. The molecular formula is C10H10N4O2. The molecule has 0 fully saturated rings. The number of aliphatic carboxylic acids is 1. The lowest BCUT2D eigenvalue weighted by atomic mass is 10.2. The molecule has 0 atom stereocenters. The van der Waals surface area contributed by atoms with Crippen LogP contribution in [0.1, 0.15) is 5.56 Å². The fourth-order valence-corrected chi connectivity index (χ4v) is 1.35. The van der Waals surface area contributed by atoms with E-state index < -0.39 is 5.97 Å². The van der Waals surface area contributed by atoms with Crippen LogP contribution >= 0.6 is 0 Å². The van der Waals surface area contributed by atoms with Gasteiger partial charge in [0, 0.05) is 25.6 Å². The number of hydrogen-bond donors (Lipinski definition) is 1. The maximum Gasteiger partial charge on any atom is 0.307 e. The van der Waals surface area contributed by atoms with E-state index in [0.717, 1.165) is 5.69 Å². The molecule has 16 heavy (non-hydrogen) atoms. The van der Waals surface area contributed by atoms with Crippen molar-refractivity contribution >= 4 is 5.97 Å². The number of carbonyl (C=O) groups is 1. The summed E-state index contributed by atoms with van der Waals surface area (Å²) in [5.41, 5.74) is 1.38. The Bertz CT molecular complexity index is 504. The molecule has 0 bridgehead atoms. The van der Waals surface area contributed by atoms with Crippen LogP contribution in [-0.4, -0.2) is 30.8 Å². The Hall–Kier alpha value is -2.24. The van der Waals surface area contributed by atoms with E-state index in [1.807, 2.05) is 0 Å². The van der Waals surface area contributed by atoms with Gasteiger partial charge in [-0.25, -0.2) is 9.97 Å². The normalized spacial score (nSPS) is 10.3. The van der Waals surface area contributed by atoms with Gasteiger partial charge in [-0.2, -0.15) is 5.10 Å². The van der Waals surface area contributed by atoms with Crippen molar-refractivity contribution in [2.24, 2.45) is 7.05 Å². The summed E-state index contributed by atoms with van der Waals surface area (Å²) >= 11 is 0. The monoisotopic (exact) mass is 218 g/mol. The van der Waals surface area contributed by atoms with Crippen molar-refractivity contribution in [3.63, 3.8) is 0 Å². The first kappa shape index (κ1) is 10.3. The standard InChI is InChI=1S/C10H10N4O2/c1-14-8(2-3-13-14)10-11-5-7(6-12-10)4-9(15)16/h2-3,5-6H,4H2,1H3,(H,15,16). The summed E-state index contributed by atoms with van der Waals surface area (Å²) in [6.07, 6.45) is 4.63. The second kappa shape index (κ2) is 4.09. The molecule has 6 nitrogen and oxygen atoms in total. The summed E-state index contributed by atoms with van der Waals surface area (Å²) in [6.45, 7) is 0. The molecule has 0 amide bonds. The highest BCUT2D eigenvalue weighted by atomic mass is 16.4. The summed E-state index contributed by atoms with van der Waals surface area (Å²) in [5.74, 6) is -0.356. The number of carboxylic acids is 1. The first-order chi connectivity index (χ1) is 7.66.